The number of carbonyl (C=O) groups excluding carboxylic acids is 2. The third-order valence-corrected chi connectivity index (χ3v) is 8.94. The average Bonchev–Trinajstić information content (AvgIpc) is 3.23. The molecule has 0 saturated carbocycles. The van der Waals surface area contributed by atoms with Crippen molar-refractivity contribution in [3.05, 3.63) is 125 Å². The van der Waals surface area contributed by atoms with Gasteiger partial charge in [0.15, 0.2) is 9.84 Å². The molecule has 1 amide bonds. The topological polar surface area (TPSA) is 94.5 Å². The first-order valence-corrected chi connectivity index (χ1v) is 16.7. The molecule has 5 rings (SSSR count). The molecule has 0 aliphatic rings. The van der Waals surface area contributed by atoms with Gasteiger partial charge in [-0.2, -0.15) is 0 Å². The summed E-state index contributed by atoms with van der Waals surface area (Å²) < 4.78 is 31.6. The lowest BCUT2D eigenvalue weighted by Crippen LogP contribution is -2.24. The maximum atomic E-state index is 13.1. The molecule has 0 bridgehead atoms. The van der Waals surface area contributed by atoms with E-state index in [9.17, 15) is 18.0 Å². The number of aromatic nitrogens is 1. The van der Waals surface area contributed by atoms with Crippen LogP contribution in [0, 0.1) is 13.8 Å². The first-order chi connectivity index (χ1) is 21.2. The fourth-order valence-electron chi connectivity index (χ4n) is 5.38. The van der Waals surface area contributed by atoms with Crippen LogP contribution < -0.4 is 5.32 Å². The van der Waals surface area contributed by atoms with E-state index in [1.165, 1.54) is 6.26 Å². The van der Waals surface area contributed by atoms with Gasteiger partial charge in [0.05, 0.1) is 10.5 Å². The van der Waals surface area contributed by atoms with E-state index in [4.69, 9.17) is 4.74 Å². The third-order valence-electron chi connectivity index (χ3n) is 7.83. The van der Waals surface area contributed by atoms with Crippen LogP contribution in [0.1, 0.15) is 63.9 Å². The molecule has 0 unspecified atom stereocenters. The first kappa shape index (κ1) is 31.7. The number of hydrogen-bond acceptors (Lipinski definition) is 5. The number of amides is 1. The Morgan fingerprint density at radius 3 is 2.24 bits per heavy atom. The normalized spacial score (nSPS) is 11.9. The van der Waals surface area contributed by atoms with Gasteiger partial charge in [0.2, 0.25) is 0 Å². The van der Waals surface area contributed by atoms with E-state index in [0.29, 0.717) is 23.2 Å². The van der Waals surface area contributed by atoms with Crippen LogP contribution in [0.4, 0.5) is 0 Å². The Kier molecular flexibility index (Phi) is 8.72. The summed E-state index contributed by atoms with van der Waals surface area (Å²) in [6.45, 7) is 10.6. The van der Waals surface area contributed by atoms with Gasteiger partial charge in [-0.1, -0.05) is 54.6 Å². The zero-order chi connectivity index (χ0) is 32.5. The van der Waals surface area contributed by atoms with E-state index in [1.807, 2.05) is 69.3 Å². The monoisotopic (exact) mass is 622 g/mol. The van der Waals surface area contributed by atoms with Crippen LogP contribution >= 0.6 is 0 Å². The number of hydrogen-bond donors (Lipinski definition) is 1. The second-order valence-electron chi connectivity index (χ2n) is 12.4. The first-order valence-electron chi connectivity index (χ1n) is 14.8. The van der Waals surface area contributed by atoms with E-state index in [2.05, 4.69) is 35.9 Å². The van der Waals surface area contributed by atoms with Gasteiger partial charge >= 0.3 is 5.97 Å². The van der Waals surface area contributed by atoms with Gasteiger partial charge in [0.1, 0.15) is 5.60 Å². The fraction of sp³-hybridized carbons (Fsp3) is 0.243. The molecule has 0 aliphatic heterocycles. The Labute approximate surface area is 264 Å². The highest BCUT2D eigenvalue weighted by molar-refractivity contribution is 7.90. The Balaban J connectivity index is 1.34. The van der Waals surface area contributed by atoms with Crippen molar-refractivity contribution in [3.8, 4) is 11.1 Å². The van der Waals surface area contributed by atoms with Crippen molar-refractivity contribution >= 4 is 32.6 Å². The summed E-state index contributed by atoms with van der Waals surface area (Å²) in [4.78, 5) is 26.1. The van der Waals surface area contributed by atoms with Crippen LogP contribution in [0.2, 0.25) is 0 Å². The third kappa shape index (κ3) is 7.18. The molecule has 5 aromatic rings. The summed E-state index contributed by atoms with van der Waals surface area (Å²) in [6, 6.07) is 28.0. The fourth-order valence-corrected chi connectivity index (χ4v) is 6.07. The Hall–Kier alpha value is -4.69. The van der Waals surface area contributed by atoms with Crippen LogP contribution in [0.25, 0.3) is 22.0 Å². The molecule has 0 saturated heterocycles. The van der Waals surface area contributed by atoms with Crippen LogP contribution in [-0.4, -0.2) is 36.7 Å². The summed E-state index contributed by atoms with van der Waals surface area (Å²) in [5.74, 6) is -0.574. The van der Waals surface area contributed by atoms with Crippen molar-refractivity contribution in [1.82, 2.24) is 9.88 Å². The lowest BCUT2D eigenvalue weighted by molar-refractivity contribution is 0.00703. The molecule has 0 aliphatic carbocycles. The number of esters is 1. The molecular weight excluding hydrogens is 584 g/mol. The summed E-state index contributed by atoms with van der Waals surface area (Å²) >= 11 is 0. The molecule has 7 nitrogen and oxygen atoms in total. The van der Waals surface area contributed by atoms with E-state index >= 15 is 0 Å². The number of nitrogens with one attached hydrogen (secondary N) is 1. The number of benzene rings is 4. The molecule has 45 heavy (non-hydrogen) atoms. The predicted molar refractivity (Wildman–Crippen MR) is 178 cm³/mol. The highest BCUT2D eigenvalue weighted by Crippen LogP contribution is 2.29. The smallest absolute Gasteiger partial charge is 0.339 e. The zero-order valence-corrected chi connectivity index (χ0v) is 27.3. The largest absolute Gasteiger partial charge is 0.456 e. The van der Waals surface area contributed by atoms with Gasteiger partial charge < -0.3 is 14.6 Å². The second-order valence-corrected chi connectivity index (χ2v) is 14.4. The lowest BCUT2D eigenvalue weighted by Gasteiger charge is -2.20. The molecule has 1 heterocycles. The SMILES string of the molecule is Cc1c(C)n(Cc2ccc(-c3ccccc3C(=O)OC(C)(C)C)cc2)c2ccc(C(=O)NCc3cccc(S(C)(=O)=O)c3)cc12. The maximum absolute atomic E-state index is 13.1. The summed E-state index contributed by atoms with van der Waals surface area (Å²) in [7, 11) is -3.33. The van der Waals surface area contributed by atoms with Gasteiger partial charge in [-0.25, -0.2) is 13.2 Å². The summed E-state index contributed by atoms with van der Waals surface area (Å²) in [5, 5.41) is 3.91. The van der Waals surface area contributed by atoms with E-state index < -0.39 is 15.4 Å². The van der Waals surface area contributed by atoms with Crippen molar-refractivity contribution < 1.29 is 22.7 Å². The van der Waals surface area contributed by atoms with E-state index in [0.717, 1.165) is 38.9 Å². The molecule has 0 spiro atoms. The van der Waals surface area contributed by atoms with Gasteiger partial charge in [0, 0.05) is 41.5 Å². The number of ether oxygens (including phenoxy) is 1. The van der Waals surface area contributed by atoms with Gasteiger partial charge in [-0.05, 0) is 98.8 Å². The molecule has 1 aromatic heterocycles. The van der Waals surface area contributed by atoms with E-state index in [1.54, 1.807) is 30.3 Å². The van der Waals surface area contributed by atoms with Crippen LogP contribution in [0.15, 0.2) is 95.9 Å². The molecule has 0 atom stereocenters. The Bertz CT molecular complexity index is 2020. The number of nitrogens with zero attached hydrogens (tertiary/aromatic N) is 1. The van der Waals surface area contributed by atoms with Crippen molar-refractivity contribution in [3.63, 3.8) is 0 Å². The molecule has 1 N–H and O–H groups in total. The Morgan fingerprint density at radius 2 is 1.56 bits per heavy atom. The predicted octanol–water partition coefficient (Wildman–Crippen LogP) is 7.26. The molecular formula is C37H38N2O5S. The molecule has 0 radical (unpaired) electrons. The molecule has 8 heteroatoms. The van der Waals surface area contributed by atoms with Gasteiger partial charge in [-0.15, -0.1) is 0 Å². The average molecular weight is 623 g/mol. The second kappa shape index (κ2) is 12.4. The Morgan fingerprint density at radius 1 is 0.844 bits per heavy atom. The highest BCUT2D eigenvalue weighted by atomic mass is 32.2. The van der Waals surface area contributed by atoms with Gasteiger partial charge in [-0.3, -0.25) is 4.79 Å². The van der Waals surface area contributed by atoms with Crippen molar-refractivity contribution in [2.24, 2.45) is 0 Å². The van der Waals surface area contributed by atoms with Crippen molar-refractivity contribution in [2.75, 3.05) is 6.26 Å². The minimum absolute atomic E-state index is 0.220. The number of rotatable bonds is 8. The van der Waals surface area contributed by atoms with E-state index in [-0.39, 0.29) is 23.3 Å². The number of aryl methyl sites for hydroxylation is 1. The van der Waals surface area contributed by atoms with Crippen LogP contribution in [-0.2, 0) is 27.7 Å². The quantitative estimate of drug-likeness (QED) is 0.184. The minimum atomic E-state index is -3.33. The highest BCUT2D eigenvalue weighted by Gasteiger charge is 2.21. The lowest BCUT2D eigenvalue weighted by atomic mass is 9.98. The van der Waals surface area contributed by atoms with Crippen LogP contribution in [0.5, 0.6) is 0 Å². The molecule has 0 fully saturated rings. The zero-order valence-electron chi connectivity index (χ0n) is 26.5. The number of fused-ring (bicyclic) bond motifs is 1. The molecule has 4 aromatic carbocycles. The molecule has 232 valence electrons. The number of carbonyl (C=O) groups is 2. The van der Waals surface area contributed by atoms with Crippen molar-refractivity contribution in [2.45, 2.75) is 58.2 Å². The maximum Gasteiger partial charge on any atom is 0.339 e. The standard InChI is InChI=1S/C37H38N2O5S/c1-24-25(2)39(23-26-14-16-28(17-15-26)31-12-7-8-13-32(31)36(41)44-37(3,4)5)34-19-18-29(21-33(24)34)35(40)38-22-27-10-9-11-30(20-27)45(6,42)43/h7-21H,22-23H2,1-6H3,(H,38,40). The summed E-state index contributed by atoms with van der Waals surface area (Å²) in [6.07, 6.45) is 1.17. The summed E-state index contributed by atoms with van der Waals surface area (Å²) in [5.41, 5.74) is 7.30. The number of sulfone groups is 1. The van der Waals surface area contributed by atoms with Gasteiger partial charge in [0.25, 0.3) is 5.91 Å². The van der Waals surface area contributed by atoms with Crippen LogP contribution in [0.3, 0.4) is 0 Å². The van der Waals surface area contributed by atoms with Crippen molar-refractivity contribution in [1.29, 1.82) is 0 Å². The minimum Gasteiger partial charge on any atom is -0.456 e.